The molecule has 0 aromatic heterocycles. The molecular weight excluding hydrogens is 300 g/mol. The zero-order valence-corrected chi connectivity index (χ0v) is 14.3. The van der Waals surface area contributed by atoms with Gasteiger partial charge in [0.25, 0.3) is 5.69 Å². The lowest BCUT2D eigenvalue weighted by Gasteiger charge is -2.23. The van der Waals surface area contributed by atoms with E-state index in [-0.39, 0.29) is 10.6 Å². The molecule has 4 nitrogen and oxygen atoms in total. The maximum atomic E-state index is 10.7. The average Bonchev–Trinajstić information content (AvgIpc) is 2.60. The molecule has 0 aliphatic rings. The molecule has 126 valence electrons. The second-order valence-electron chi connectivity index (χ2n) is 5.76. The molecule has 2 aromatic rings. The highest BCUT2D eigenvalue weighted by Crippen LogP contribution is 2.18. The monoisotopic (exact) mass is 324 g/mol. The lowest BCUT2D eigenvalue weighted by Crippen LogP contribution is -2.24. The van der Waals surface area contributed by atoms with Gasteiger partial charge in [0.1, 0.15) is 0 Å². The van der Waals surface area contributed by atoms with Crippen LogP contribution in [0.25, 0.3) is 12.2 Å². The first-order valence-electron chi connectivity index (χ1n) is 8.41. The molecule has 2 rings (SSSR count). The van der Waals surface area contributed by atoms with Crippen LogP contribution in [0.3, 0.4) is 0 Å². The van der Waals surface area contributed by atoms with Gasteiger partial charge in [0, 0.05) is 30.9 Å². The normalized spacial score (nSPS) is 10.9. The van der Waals surface area contributed by atoms with Crippen LogP contribution in [0.2, 0.25) is 0 Å². The summed E-state index contributed by atoms with van der Waals surface area (Å²) in [5.41, 5.74) is 3.43. The minimum Gasteiger partial charge on any atom is -0.372 e. The van der Waals surface area contributed by atoms with Gasteiger partial charge in [0.15, 0.2) is 0 Å². The third-order valence-electron chi connectivity index (χ3n) is 3.82. The Kier molecular flexibility index (Phi) is 6.55. The summed E-state index contributed by atoms with van der Waals surface area (Å²) in [5, 5.41) is 10.7. The lowest BCUT2D eigenvalue weighted by molar-refractivity contribution is -0.384. The van der Waals surface area contributed by atoms with Crippen LogP contribution in [-0.2, 0) is 0 Å². The summed E-state index contributed by atoms with van der Waals surface area (Å²) in [5.74, 6) is 0. The summed E-state index contributed by atoms with van der Waals surface area (Å²) >= 11 is 0. The summed E-state index contributed by atoms with van der Waals surface area (Å²) in [6.07, 6.45) is 6.27. The van der Waals surface area contributed by atoms with Crippen molar-refractivity contribution in [2.24, 2.45) is 0 Å². The number of nitro benzene ring substituents is 1. The number of hydrogen-bond acceptors (Lipinski definition) is 3. The average molecular weight is 324 g/mol. The Morgan fingerprint density at radius 3 is 1.75 bits per heavy atom. The van der Waals surface area contributed by atoms with Crippen molar-refractivity contribution >= 4 is 23.5 Å². The highest BCUT2D eigenvalue weighted by Gasteiger charge is 2.04. The quantitative estimate of drug-likeness (QED) is 0.371. The van der Waals surface area contributed by atoms with Crippen LogP contribution in [0.1, 0.15) is 37.8 Å². The van der Waals surface area contributed by atoms with Gasteiger partial charge in [-0.15, -0.1) is 0 Å². The first-order valence-corrected chi connectivity index (χ1v) is 8.41. The van der Waals surface area contributed by atoms with Crippen LogP contribution in [0.4, 0.5) is 11.4 Å². The summed E-state index contributed by atoms with van der Waals surface area (Å²) in [6, 6.07) is 15.1. The zero-order valence-electron chi connectivity index (χ0n) is 14.3. The molecule has 0 amide bonds. The highest BCUT2D eigenvalue weighted by molar-refractivity contribution is 5.71. The van der Waals surface area contributed by atoms with E-state index in [1.165, 1.54) is 17.8 Å². The van der Waals surface area contributed by atoms with Gasteiger partial charge in [-0.25, -0.2) is 0 Å². The molecule has 0 bridgehead atoms. The van der Waals surface area contributed by atoms with Crippen molar-refractivity contribution in [1.29, 1.82) is 0 Å². The number of nitro groups is 1. The molecule has 24 heavy (non-hydrogen) atoms. The smallest absolute Gasteiger partial charge is 0.269 e. The number of rotatable bonds is 8. The minimum atomic E-state index is -0.384. The van der Waals surface area contributed by atoms with E-state index in [1.54, 1.807) is 12.1 Å². The van der Waals surface area contributed by atoms with Crippen molar-refractivity contribution in [2.45, 2.75) is 26.7 Å². The van der Waals surface area contributed by atoms with E-state index in [0.717, 1.165) is 37.1 Å². The number of anilines is 1. The van der Waals surface area contributed by atoms with E-state index in [2.05, 4.69) is 43.0 Å². The van der Waals surface area contributed by atoms with Gasteiger partial charge in [0.2, 0.25) is 0 Å². The molecule has 0 heterocycles. The molecule has 0 spiro atoms. The maximum absolute atomic E-state index is 10.7. The molecule has 0 saturated carbocycles. The second kappa shape index (κ2) is 8.87. The summed E-state index contributed by atoms with van der Waals surface area (Å²) in [7, 11) is 0. The fraction of sp³-hybridized carbons (Fsp3) is 0.300. The van der Waals surface area contributed by atoms with Crippen molar-refractivity contribution in [3.05, 3.63) is 69.8 Å². The van der Waals surface area contributed by atoms with Crippen molar-refractivity contribution < 1.29 is 4.92 Å². The van der Waals surface area contributed by atoms with Gasteiger partial charge in [-0.3, -0.25) is 10.1 Å². The van der Waals surface area contributed by atoms with Crippen molar-refractivity contribution in [2.75, 3.05) is 18.0 Å². The van der Waals surface area contributed by atoms with Crippen molar-refractivity contribution in [3.63, 3.8) is 0 Å². The van der Waals surface area contributed by atoms with Crippen LogP contribution < -0.4 is 4.90 Å². The van der Waals surface area contributed by atoms with Crippen LogP contribution >= 0.6 is 0 Å². The Balaban J connectivity index is 2.06. The molecule has 4 heteroatoms. The Hall–Kier alpha value is -2.62. The predicted molar refractivity (Wildman–Crippen MR) is 101 cm³/mol. The number of nitrogens with zero attached hydrogens (tertiary/aromatic N) is 2. The molecule has 0 radical (unpaired) electrons. The molecule has 0 unspecified atom stereocenters. The first kappa shape index (κ1) is 17.7. The summed E-state index contributed by atoms with van der Waals surface area (Å²) in [4.78, 5) is 12.7. The Labute approximate surface area is 143 Å². The molecular formula is C20H24N2O2. The molecule has 0 saturated heterocycles. The number of hydrogen-bond donors (Lipinski definition) is 0. The van der Waals surface area contributed by atoms with Crippen LogP contribution in [-0.4, -0.2) is 18.0 Å². The van der Waals surface area contributed by atoms with E-state index >= 15 is 0 Å². The number of non-ortho nitro benzene ring substituents is 1. The molecule has 0 N–H and O–H groups in total. The van der Waals surface area contributed by atoms with E-state index in [4.69, 9.17) is 0 Å². The van der Waals surface area contributed by atoms with Gasteiger partial charge >= 0.3 is 0 Å². The van der Waals surface area contributed by atoms with Gasteiger partial charge in [0.05, 0.1) is 4.92 Å². The molecule has 0 fully saturated rings. The predicted octanol–water partition coefficient (Wildman–Crippen LogP) is 5.39. The maximum Gasteiger partial charge on any atom is 0.269 e. The largest absolute Gasteiger partial charge is 0.372 e. The Morgan fingerprint density at radius 1 is 0.875 bits per heavy atom. The van der Waals surface area contributed by atoms with Crippen molar-refractivity contribution in [1.82, 2.24) is 0 Å². The standard InChI is InChI=1S/C20H24N2O2/c1-3-15-21(16-4-2)19-11-7-17(8-12-19)5-6-18-9-13-20(14-10-18)22(23)24/h5-14H,3-4,15-16H2,1-2H3. The zero-order chi connectivity index (χ0) is 17.4. The third kappa shape index (κ3) is 4.95. The fourth-order valence-corrected chi connectivity index (χ4v) is 2.61. The van der Waals surface area contributed by atoms with Crippen LogP contribution in [0.5, 0.6) is 0 Å². The lowest BCUT2D eigenvalue weighted by atomic mass is 10.1. The molecule has 0 atom stereocenters. The topological polar surface area (TPSA) is 46.4 Å². The van der Waals surface area contributed by atoms with E-state index in [0.29, 0.717) is 0 Å². The van der Waals surface area contributed by atoms with Crippen LogP contribution in [0.15, 0.2) is 48.5 Å². The highest BCUT2D eigenvalue weighted by atomic mass is 16.6. The molecule has 2 aromatic carbocycles. The third-order valence-corrected chi connectivity index (χ3v) is 3.82. The molecule has 0 aliphatic carbocycles. The van der Waals surface area contributed by atoms with Gasteiger partial charge in [-0.05, 0) is 48.2 Å². The van der Waals surface area contributed by atoms with E-state index in [9.17, 15) is 10.1 Å². The van der Waals surface area contributed by atoms with Gasteiger partial charge in [-0.2, -0.15) is 0 Å². The summed E-state index contributed by atoms with van der Waals surface area (Å²) in [6.45, 7) is 6.55. The van der Waals surface area contributed by atoms with Gasteiger partial charge < -0.3 is 4.90 Å². The molecule has 0 aliphatic heterocycles. The minimum absolute atomic E-state index is 0.114. The number of benzene rings is 2. The summed E-state index contributed by atoms with van der Waals surface area (Å²) < 4.78 is 0. The van der Waals surface area contributed by atoms with Crippen molar-refractivity contribution in [3.8, 4) is 0 Å². The second-order valence-corrected chi connectivity index (χ2v) is 5.76. The van der Waals surface area contributed by atoms with E-state index < -0.39 is 0 Å². The Morgan fingerprint density at radius 2 is 1.33 bits per heavy atom. The SMILES string of the molecule is CCCN(CCC)c1ccc(C=Cc2ccc([N+](=O)[O-])cc2)cc1. The Bertz CT molecular complexity index is 670. The first-order chi connectivity index (χ1) is 11.6. The van der Waals surface area contributed by atoms with Crippen LogP contribution in [0, 0.1) is 10.1 Å². The van der Waals surface area contributed by atoms with E-state index in [1.807, 2.05) is 12.2 Å². The van der Waals surface area contributed by atoms with Gasteiger partial charge in [-0.1, -0.05) is 38.1 Å². The fourth-order valence-electron chi connectivity index (χ4n) is 2.61.